The summed E-state index contributed by atoms with van der Waals surface area (Å²) in [6.45, 7) is 3.94. The van der Waals surface area contributed by atoms with Gasteiger partial charge in [0.15, 0.2) is 0 Å². The second-order valence-corrected chi connectivity index (χ2v) is 7.11. The molecule has 2 amide bonds. The van der Waals surface area contributed by atoms with Crippen LogP contribution in [0.1, 0.15) is 51.0 Å². The largest absolute Gasteiger partial charge is 0.353 e. The maximum atomic E-state index is 12.1. The number of halogens is 1. The number of aryl methyl sites for hydroxylation is 1. The topological polar surface area (TPSA) is 49.4 Å². The van der Waals surface area contributed by atoms with Crippen LogP contribution in [0.15, 0.2) is 22.7 Å². The SMILES string of the molecule is CC(=O)N(CCC(=O)NC1CCCCC1)c1ccc(Br)c(C)c1. The minimum absolute atomic E-state index is 0.0389. The van der Waals surface area contributed by atoms with E-state index in [-0.39, 0.29) is 11.8 Å². The normalized spacial score (nSPS) is 15.3. The molecule has 1 saturated carbocycles. The average molecular weight is 381 g/mol. The Labute approximate surface area is 146 Å². The highest BCUT2D eigenvalue weighted by molar-refractivity contribution is 9.10. The molecule has 0 saturated heterocycles. The van der Waals surface area contributed by atoms with Gasteiger partial charge in [0.2, 0.25) is 11.8 Å². The van der Waals surface area contributed by atoms with Crippen molar-refractivity contribution in [2.75, 3.05) is 11.4 Å². The maximum absolute atomic E-state index is 12.1. The molecule has 2 rings (SSSR count). The summed E-state index contributed by atoms with van der Waals surface area (Å²) in [6, 6.07) is 6.11. The van der Waals surface area contributed by atoms with Crippen LogP contribution in [0.3, 0.4) is 0 Å². The Kier molecular flexibility index (Phi) is 6.63. The van der Waals surface area contributed by atoms with Gasteiger partial charge in [-0.1, -0.05) is 35.2 Å². The smallest absolute Gasteiger partial charge is 0.223 e. The van der Waals surface area contributed by atoms with Gasteiger partial charge >= 0.3 is 0 Å². The molecule has 0 unspecified atom stereocenters. The summed E-state index contributed by atoms with van der Waals surface area (Å²) in [4.78, 5) is 25.7. The zero-order valence-electron chi connectivity index (χ0n) is 13.9. The number of anilines is 1. The van der Waals surface area contributed by atoms with Crippen LogP contribution in [0, 0.1) is 6.92 Å². The molecule has 1 aromatic rings. The van der Waals surface area contributed by atoms with Crippen molar-refractivity contribution in [2.45, 2.75) is 58.4 Å². The third kappa shape index (κ3) is 5.34. The minimum Gasteiger partial charge on any atom is -0.353 e. The molecule has 126 valence electrons. The van der Waals surface area contributed by atoms with Gasteiger partial charge in [-0.25, -0.2) is 0 Å². The van der Waals surface area contributed by atoms with E-state index in [1.54, 1.807) is 4.90 Å². The van der Waals surface area contributed by atoms with Crippen molar-refractivity contribution < 1.29 is 9.59 Å². The predicted octanol–water partition coefficient (Wildman–Crippen LogP) is 3.95. The number of nitrogens with one attached hydrogen (secondary N) is 1. The summed E-state index contributed by atoms with van der Waals surface area (Å²) in [6.07, 6.45) is 6.16. The molecule has 0 aliphatic heterocycles. The lowest BCUT2D eigenvalue weighted by atomic mass is 9.95. The van der Waals surface area contributed by atoms with Crippen molar-refractivity contribution in [3.05, 3.63) is 28.2 Å². The first-order chi connectivity index (χ1) is 11.0. The van der Waals surface area contributed by atoms with Gasteiger partial charge in [0.05, 0.1) is 0 Å². The Morgan fingerprint density at radius 3 is 2.57 bits per heavy atom. The van der Waals surface area contributed by atoms with Gasteiger partial charge in [-0.3, -0.25) is 9.59 Å². The summed E-state index contributed by atoms with van der Waals surface area (Å²) in [7, 11) is 0. The van der Waals surface area contributed by atoms with Crippen LogP contribution >= 0.6 is 15.9 Å². The van der Waals surface area contributed by atoms with Crippen LogP contribution in [0.5, 0.6) is 0 Å². The molecule has 0 spiro atoms. The lowest BCUT2D eigenvalue weighted by molar-refractivity contribution is -0.121. The van der Waals surface area contributed by atoms with Crippen molar-refractivity contribution in [1.29, 1.82) is 0 Å². The maximum Gasteiger partial charge on any atom is 0.223 e. The third-order valence-electron chi connectivity index (χ3n) is 4.37. The molecule has 0 radical (unpaired) electrons. The van der Waals surface area contributed by atoms with Gasteiger partial charge in [0.1, 0.15) is 0 Å². The molecular formula is C18H25BrN2O2. The molecule has 1 aliphatic rings. The van der Waals surface area contributed by atoms with Crippen molar-refractivity contribution in [3.8, 4) is 0 Å². The Bertz CT molecular complexity index is 568. The summed E-state index contributed by atoms with van der Waals surface area (Å²) >= 11 is 3.47. The first-order valence-electron chi connectivity index (χ1n) is 8.31. The zero-order valence-corrected chi connectivity index (χ0v) is 15.5. The molecule has 1 aliphatic carbocycles. The number of carbonyl (C=O) groups excluding carboxylic acids is 2. The number of hydrogen-bond acceptors (Lipinski definition) is 2. The molecule has 5 heteroatoms. The predicted molar refractivity (Wildman–Crippen MR) is 96.5 cm³/mol. The van der Waals surface area contributed by atoms with E-state index in [2.05, 4.69) is 21.2 Å². The number of amides is 2. The molecule has 0 heterocycles. The molecule has 0 aromatic heterocycles. The van der Waals surface area contributed by atoms with Crippen molar-refractivity contribution >= 4 is 33.4 Å². The second kappa shape index (κ2) is 8.48. The number of rotatable bonds is 5. The van der Waals surface area contributed by atoms with Crippen molar-refractivity contribution in [3.63, 3.8) is 0 Å². The van der Waals surface area contributed by atoms with E-state index in [0.717, 1.165) is 28.6 Å². The number of benzene rings is 1. The van der Waals surface area contributed by atoms with Crippen LogP contribution in [-0.2, 0) is 9.59 Å². The van der Waals surface area contributed by atoms with E-state index < -0.39 is 0 Å². The van der Waals surface area contributed by atoms with Gasteiger partial charge in [0.25, 0.3) is 0 Å². The number of nitrogens with zero attached hydrogens (tertiary/aromatic N) is 1. The lowest BCUT2D eigenvalue weighted by Gasteiger charge is -2.25. The fourth-order valence-electron chi connectivity index (χ4n) is 3.03. The van der Waals surface area contributed by atoms with E-state index in [0.29, 0.717) is 19.0 Å². The van der Waals surface area contributed by atoms with Crippen LogP contribution < -0.4 is 10.2 Å². The molecule has 1 N–H and O–H groups in total. The van der Waals surface area contributed by atoms with Crippen LogP contribution in [0.4, 0.5) is 5.69 Å². The van der Waals surface area contributed by atoms with Gasteiger partial charge < -0.3 is 10.2 Å². The van der Waals surface area contributed by atoms with Crippen LogP contribution in [0.2, 0.25) is 0 Å². The third-order valence-corrected chi connectivity index (χ3v) is 5.26. The van der Waals surface area contributed by atoms with Gasteiger partial charge in [-0.15, -0.1) is 0 Å². The number of carbonyl (C=O) groups is 2. The highest BCUT2D eigenvalue weighted by atomic mass is 79.9. The summed E-state index contributed by atoms with van der Waals surface area (Å²) < 4.78 is 1.01. The van der Waals surface area contributed by atoms with Crippen molar-refractivity contribution in [1.82, 2.24) is 5.32 Å². The Balaban J connectivity index is 1.92. The van der Waals surface area contributed by atoms with E-state index in [4.69, 9.17) is 0 Å². The van der Waals surface area contributed by atoms with Gasteiger partial charge in [-0.05, 0) is 43.5 Å². The second-order valence-electron chi connectivity index (χ2n) is 6.26. The Hall–Kier alpha value is -1.36. The minimum atomic E-state index is -0.0443. The molecule has 1 fully saturated rings. The molecule has 0 atom stereocenters. The zero-order chi connectivity index (χ0) is 16.8. The van der Waals surface area contributed by atoms with E-state index in [9.17, 15) is 9.59 Å². The molecule has 1 aromatic carbocycles. The first-order valence-corrected chi connectivity index (χ1v) is 9.10. The first kappa shape index (κ1) is 18.0. The molecular weight excluding hydrogens is 356 g/mol. The molecule has 0 bridgehead atoms. The summed E-state index contributed by atoms with van der Waals surface area (Å²) in [5, 5.41) is 3.10. The number of hydrogen-bond donors (Lipinski definition) is 1. The summed E-state index contributed by atoms with van der Waals surface area (Å²) in [5.74, 6) is -0.00540. The highest BCUT2D eigenvalue weighted by Gasteiger charge is 2.18. The monoisotopic (exact) mass is 380 g/mol. The van der Waals surface area contributed by atoms with Crippen LogP contribution in [-0.4, -0.2) is 24.4 Å². The Morgan fingerprint density at radius 2 is 1.96 bits per heavy atom. The van der Waals surface area contributed by atoms with E-state index in [1.807, 2.05) is 25.1 Å². The quantitative estimate of drug-likeness (QED) is 0.840. The van der Waals surface area contributed by atoms with Gasteiger partial charge in [-0.2, -0.15) is 0 Å². The molecule has 4 nitrogen and oxygen atoms in total. The standard InChI is InChI=1S/C18H25BrN2O2/c1-13-12-16(8-9-17(13)19)21(14(2)22)11-10-18(23)20-15-6-4-3-5-7-15/h8-9,12,15H,3-7,10-11H2,1-2H3,(H,20,23). The van der Waals surface area contributed by atoms with Crippen LogP contribution in [0.25, 0.3) is 0 Å². The van der Waals surface area contributed by atoms with Gasteiger partial charge in [0, 0.05) is 36.1 Å². The lowest BCUT2D eigenvalue weighted by Crippen LogP contribution is -2.39. The van der Waals surface area contributed by atoms with E-state index >= 15 is 0 Å². The molecule has 23 heavy (non-hydrogen) atoms. The summed E-state index contributed by atoms with van der Waals surface area (Å²) in [5.41, 5.74) is 1.91. The van der Waals surface area contributed by atoms with E-state index in [1.165, 1.54) is 26.2 Å². The Morgan fingerprint density at radius 1 is 1.26 bits per heavy atom. The highest BCUT2D eigenvalue weighted by Crippen LogP contribution is 2.23. The average Bonchev–Trinajstić information content (AvgIpc) is 2.51. The van der Waals surface area contributed by atoms with Crippen molar-refractivity contribution in [2.24, 2.45) is 0 Å². The fourth-order valence-corrected chi connectivity index (χ4v) is 3.27. The fraction of sp³-hybridized carbons (Fsp3) is 0.556.